The average Bonchev–Trinajstić information content (AvgIpc) is 3.56. The summed E-state index contributed by atoms with van der Waals surface area (Å²) in [7, 11) is 0. The number of thioether (sulfide) groups is 1. The van der Waals surface area contributed by atoms with Crippen molar-refractivity contribution in [3.05, 3.63) is 96.2 Å². The molecule has 2 aromatic heterocycles. The fourth-order valence-corrected chi connectivity index (χ4v) is 5.90. The first kappa shape index (κ1) is 22.0. The Morgan fingerprint density at radius 3 is 2.23 bits per heavy atom. The SMILES string of the molecule is O=C(CSc1nnc(-c2ccco2)n1-c1ccc(Cl)cc1)N1c2ccccc2Sc2ccccc21. The van der Waals surface area contributed by atoms with Crippen LogP contribution in [0, 0.1) is 0 Å². The van der Waals surface area contributed by atoms with Crippen LogP contribution < -0.4 is 4.90 Å². The van der Waals surface area contributed by atoms with E-state index in [1.54, 1.807) is 29.0 Å². The zero-order valence-electron chi connectivity index (χ0n) is 18.2. The molecule has 1 amide bonds. The number of hydrogen-bond donors (Lipinski definition) is 0. The molecule has 0 radical (unpaired) electrons. The molecule has 0 unspecified atom stereocenters. The fourth-order valence-electron chi connectivity index (χ4n) is 3.92. The van der Waals surface area contributed by atoms with Crippen LogP contribution in [0.15, 0.2) is 111 Å². The van der Waals surface area contributed by atoms with Gasteiger partial charge in [0.15, 0.2) is 10.9 Å². The lowest BCUT2D eigenvalue weighted by molar-refractivity contribution is -0.115. The van der Waals surface area contributed by atoms with Crippen LogP contribution in [-0.4, -0.2) is 26.4 Å². The van der Waals surface area contributed by atoms with E-state index in [-0.39, 0.29) is 11.7 Å². The summed E-state index contributed by atoms with van der Waals surface area (Å²) >= 11 is 9.11. The highest BCUT2D eigenvalue weighted by Gasteiger charge is 2.28. The minimum Gasteiger partial charge on any atom is -0.461 e. The minimum atomic E-state index is -0.0413. The summed E-state index contributed by atoms with van der Waals surface area (Å²) in [5.74, 6) is 1.27. The van der Waals surface area contributed by atoms with Crippen LogP contribution in [0.25, 0.3) is 17.3 Å². The van der Waals surface area contributed by atoms with E-state index in [0.29, 0.717) is 21.8 Å². The molecular weight excluding hydrogens is 500 g/mol. The van der Waals surface area contributed by atoms with Crippen molar-refractivity contribution in [2.75, 3.05) is 10.7 Å². The molecular formula is C26H17ClN4O2S2. The third-order valence-corrected chi connectivity index (χ3v) is 7.76. The summed E-state index contributed by atoms with van der Waals surface area (Å²) in [5, 5.41) is 9.96. The zero-order chi connectivity index (χ0) is 23.8. The fraction of sp³-hybridized carbons (Fsp3) is 0.0385. The normalized spacial score (nSPS) is 12.3. The third kappa shape index (κ3) is 4.14. The first-order valence-corrected chi connectivity index (χ1v) is 12.9. The van der Waals surface area contributed by atoms with Crippen LogP contribution in [0.1, 0.15) is 0 Å². The molecule has 0 saturated carbocycles. The Bertz CT molecular complexity index is 1470. The van der Waals surface area contributed by atoms with Crippen LogP contribution >= 0.6 is 35.1 Å². The van der Waals surface area contributed by atoms with Gasteiger partial charge in [0.25, 0.3) is 0 Å². The second-order valence-corrected chi connectivity index (χ2v) is 10.1. The van der Waals surface area contributed by atoms with E-state index in [2.05, 4.69) is 10.2 Å². The van der Waals surface area contributed by atoms with Gasteiger partial charge in [-0.05, 0) is 60.7 Å². The maximum absolute atomic E-state index is 13.6. The molecule has 1 aliphatic heterocycles. The smallest absolute Gasteiger partial charge is 0.242 e. The minimum absolute atomic E-state index is 0.0413. The van der Waals surface area contributed by atoms with Crippen LogP contribution in [0.2, 0.25) is 5.02 Å². The largest absolute Gasteiger partial charge is 0.461 e. The van der Waals surface area contributed by atoms with Crippen LogP contribution in [0.3, 0.4) is 0 Å². The molecule has 6 nitrogen and oxygen atoms in total. The van der Waals surface area contributed by atoms with E-state index in [0.717, 1.165) is 26.9 Å². The number of aromatic nitrogens is 3. The Kier molecular flexibility index (Phi) is 5.85. The molecule has 1 aliphatic rings. The lowest BCUT2D eigenvalue weighted by atomic mass is 10.2. The molecule has 0 atom stereocenters. The van der Waals surface area contributed by atoms with Gasteiger partial charge in [0, 0.05) is 20.5 Å². The van der Waals surface area contributed by atoms with Crippen molar-refractivity contribution in [1.29, 1.82) is 0 Å². The van der Waals surface area contributed by atoms with E-state index in [4.69, 9.17) is 16.0 Å². The Morgan fingerprint density at radius 1 is 0.886 bits per heavy atom. The lowest BCUT2D eigenvalue weighted by Crippen LogP contribution is -2.30. The summed E-state index contributed by atoms with van der Waals surface area (Å²) < 4.78 is 7.46. The molecule has 172 valence electrons. The van der Waals surface area contributed by atoms with Gasteiger partial charge in [0.05, 0.1) is 23.4 Å². The molecule has 0 bridgehead atoms. The number of hydrogen-bond acceptors (Lipinski definition) is 6. The molecule has 9 heteroatoms. The second kappa shape index (κ2) is 9.30. The number of benzene rings is 3. The summed E-state index contributed by atoms with van der Waals surface area (Å²) in [6.07, 6.45) is 1.59. The Labute approximate surface area is 214 Å². The Balaban J connectivity index is 1.34. The Morgan fingerprint density at radius 2 is 1.57 bits per heavy atom. The van der Waals surface area contributed by atoms with E-state index >= 15 is 0 Å². The molecule has 0 saturated heterocycles. The molecule has 0 N–H and O–H groups in total. The number of fused-ring (bicyclic) bond motifs is 2. The summed E-state index contributed by atoms with van der Waals surface area (Å²) in [4.78, 5) is 17.5. The van der Waals surface area contributed by atoms with E-state index < -0.39 is 0 Å². The van der Waals surface area contributed by atoms with E-state index in [9.17, 15) is 4.79 Å². The van der Waals surface area contributed by atoms with Crippen LogP contribution in [-0.2, 0) is 4.79 Å². The zero-order valence-corrected chi connectivity index (χ0v) is 20.6. The van der Waals surface area contributed by atoms with Crippen molar-refractivity contribution in [3.63, 3.8) is 0 Å². The van der Waals surface area contributed by atoms with Gasteiger partial charge in [-0.25, -0.2) is 0 Å². The number of carbonyl (C=O) groups excluding carboxylic acids is 1. The number of para-hydroxylation sites is 2. The van der Waals surface area contributed by atoms with Crippen molar-refractivity contribution in [3.8, 4) is 17.3 Å². The first-order chi connectivity index (χ1) is 17.2. The summed E-state index contributed by atoms with van der Waals surface area (Å²) in [5.41, 5.74) is 2.60. The molecule has 6 rings (SSSR count). The molecule has 5 aromatic rings. The first-order valence-electron chi connectivity index (χ1n) is 10.8. The lowest BCUT2D eigenvalue weighted by Gasteiger charge is -2.30. The number of nitrogens with zero attached hydrogens (tertiary/aromatic N) is 4. The van der Waals surface area contributed by atoms with Gasteiger partial charge < -0.3 is 4.42 Å². The predicted molar refractivity (Wildman–Crippen MR) is 139 cm³/mol. The monoisotopic (exact) mass is 516 g/mol. The van der Waals surface area contributed by atoms with Gasteiger partial charge in [-0.1, -0.05) is 59.4 Å². The number of carbonyl (C=O) groups is 1. The maximum atomic E-state index is 13.6. The second-order valence-electron chi connectivity index (χ2n) is 7.65. The molecule has 0 aliphatic carbocycles. The van der Waals surface area contributed by atoms with Gasteiger partial charge in [-0.15, -0.1) is 10.2 Å². The van der Waals surface area contributed by atoms with Crippen LogP contribution in [0.4, 0.5) is 11.4 Å². The number of furan rings is 1. The molecule has 35 heavy (non-hydrogen) atoms. The highest BCUT2D eigenvalue weighted by molar-refractivity contribution is 8.00. The molecule has 3 aromatic carbocycles. The maximum Gasteiger partial charge on any atom is 0.242 e. The molecule has 0 fully saturated rings. The van der Waals surface area contributed by atoms with Crippen molar-refractivity contribution < 1.29 is 9.21 Å². The predicted octanol–water partition coefficient (Wildman–Crippen LogP) is 7.10. The highest BCUT2D eigenvalue weighted by atomic mass is 35.5. The van der Waals surface area contributed by atoms with Gasteiger partial charge >= 0.3 is 0 Å². The topological polar surface area (TPSA) is 64.2 Å². The number of rotatable bonds is 5. The average molecular weight is 517 g/mol. The van der Waals surface area contributed by atoms with Gasteiger partial charge in [0.2, 0.25) is 11.7 Å². The number of amides is 1. The number of halogens is 1. The highest BCUT2D eigenvalue weighted by Crippen LogP contribution is 2.48. The number of anilines is 2. The third-order valence-electron chi connectivity index (χ3n) is 5.47. The van der Waals surface area contributed by atoms with Crippen molar-refractivity contribution >= 4 is 52.4 Å². The van der Waals surface area contributed by atoms with E-state index in [1.165, 1.54) is 11.8 Å². The van der Waals surface area contributed by atoms with Crippen molar-refractivity contribution in [2.24, 2.45) is 0 Å². The van der Waals surface area contributed by atoms with Gasteiger partial charge in [-0.3, -0.25) is 14.3 Å². The van der Waals surface area contributed by atoms with E-state index in [1.807, 2.05) is 83.4 Å². The molecule has 0 spiro atoms. The van der Waals surface area contributed by atoms with Gasteiger partial charge in [0.1, 0.15) is 0 Å². The quantitative estimate of drug-likeness (QED) is 0.232. The summed E-state index contributed by atoms with van der Waals surface area (Å²) in [6, 6.07) is 26.9. The van der Waals surface area contributed by atoms with Crippen molar-refractivity contribution in [2.45, 2.75) is 14.9 Å². The standard InChI is InChI=1S/C26H17ClN4O2S2/c27-17-11-13-18(14-12-17)30-25(21-8-5-15-33-21)28-29-26(30)34-16-24(32)31-19-6-1-3-9-22(19)35-23-10-4-2-7-20(23)31/h1-15H,16H2. The summed E-state index contributed by atoms with van der Waals surface area (Å²) in [6.45, 7) is 0. The molecule has 3 heterocycles. The van der Waals surface area contributed by atoms with Crippen molar-refractivity contribution in [1.82, 2.24) is 14.8 Å². The Hall–Kier alpha value is -3.46. The van der Waals surface area contributed by atoms with Crippen LogP contribution in [0.5, 0.6) is 0 Å². The van der Waals surface area contributed by atoms with Gasteiger partial charge in [-0.2, -0.15) is 0 Å².